The molecule has 4 nitrogen and oxygen atoms in total. The van der Waals surface area contributed by atoms with E-state index in [2.05, 4.69) is 13.8 Å². The Morgan fingerprint density at radius 2 is 1.50 bits per heavy atom. The van der Waals surface area contributed by atoms with Crippen LogP contribution in [0.5, 0.6) is 0 Å². The van der Waals surface area contributed by atoms with Gasteiger partial charge in [-0.25, -0.2) is 0 Å². The smallest absolute Gasteiger partial charge is 1.00 e. The van der Waals surface area contributed by atoms with E-state index in [9.17, 15) is 0 Å². The van der Waals surface area contributed by atoms with Gasteiger partial charge in [-0.1, -0.05) is 13.8 Å². The number of nitrogens with two attached hydrogens (primary N) is 1. The van der Waals surface area contributed by atoms with Gasteiger partial charge in [0.2, 0.25) is 0 Å². The van der Waals surface area contributed by atoms with Crippen LogP contribution < -0.4 is 35.3 Å². The minimum Gasteiger partial charge on any atom is -1.00 e. The molecule has 4 aliphatic carbocycles. The van der Waals surface area contributed by atoms with E-state index in [4.69, 9.17) is 19.0 Å². The van der Waals surface area contributed by atoms with Crippen molar-refractivity contribution < 1.29 is 44.3 Å². The first-order valence-electron chi connectivity index (χ1n) is 6.23. The molecular weight excluding hydrogens is 261 g/mol. The van der Waals surface area contributed by atoms with E-state index >= 15 is 0 Å². The minimum atomic E-state index is -2.61. The second-order valence-corrected chi connectivity index (χ2v) is 7.68. The van der Waals surface area contributed by atoms with E-state index in [0.29, 0.717) is 10.8 Å². The van der Waals surface area contributed by atoms with Gasteiger partial charge in [-0.2, -0.15) is 4.21 Å². The molecule has 4 aliphatic rings. The Morgan fingerprint density at radius 3 is 1.78 bits per heavy atom. The summed E-state index contributed by atoms with van der Waals surface area (Å²) in [6.45, 7) is 4.94. The van der Waals surface area contributed by atoms with Gasteiger partial charge < -0.3 is 7.16 Å². The SMILES string of the molecule is CC12CC3CC(C)(C1)CC(N)(C3)C2.O=S(O)O.[H-].[Na+]. The van der Waals surface area contributed by atoms with Crippen molar-refractivity contribution in [2.45, 2.75) is 57.9 Å². The van der Waals surface area contributed by atoms with Crippen molar-refractivity contribution in [3.8, 4) is 0 Å². The Balaban J connectivity index is 0.000000486. The number of hydrogen-bond acceptors (Lipinski definition) is 2. The first-order chi connectivity index (χ1) is 7.64. The Bertz CT molecular complexity index is 303. The monoisotopic (exact) mass is 285 g/mol. The Labute approximate surface area is 135 Å². The predicted molar refractivity (Wildman–Crippen MR) is 68.8 cm³/mol. The van der Waals surface area contributed by atoms with E-state index in [1.807, 2.05) is 0 Å². The van der Waals surface area contributed by atoms with Crippen LogP contribution >= 0.6 is 0 Å². The van der Waals surface area contributed by atoms with Gasteiger partial charge >= 0.3 is 29.6 Å². The number of hydrogen-bond donors (Lipinski definition) is 3. The molecule has 4 saturated carbocycles. The molecule has 6 heteroatoms. The third kappa shape index (κ3) is 3.78. The van der Waals surface area contributed by atoms with Gasteiger partial charge in [0.05, 0.1) is 0 Å². The maximum absolute atomic E-state index is 8.67. The van der Waals surface area contributed by atoms with Crippen molar-refractivity contribution in [3.63, 3.8) is 0 Å². The minimum absolute atomic E-state index is 0. The Kier molecular flexibility index (Phi) is 5.15. The molecule has 2 unspecified atom stereocenters. The van der Waals surface area contributed by atoms with Gasteiger partial charge in [-0.3, -0.25) is 9.11 Å². The third-order valence-electron chi connectivity index (χ3n) is 4.67. The van der Waals surface area contributed by atoms with Gasteiger partial charge in [-0.05, 0) is 55.3 Å². The summed E-state index contributed by atoms with van der Waals surface area (Å²) >= 11 is -2.61. The molecule has 0 spiro atoms. The van der Waals surface area contributed by atoms with Crippen LogP contribution in [-0.4, -0.2) is 18.9 Å². The topological polar surface area (TPSA) is 83.6 Å². The van der Waals surface area contributed by atoms with Crippen LogP contribution in [0.4, 0.5) is 0 Å². The molecule has 4 fully saturated rings. The molecule has 0 aromatic carbocycles. The van der Waals surface area contributed by atoms with Crippen molar-refractivity contribution in [2.24, 2.45) is 22.5 Å². The maximum Gasteiger partial charge on any atom is 1.00 e. The summed E-state index contributed by atoms with van der Waals surface area (Å²) < 4.78 is 22.8. The standard InChI is InChI=1S/C12H21N.Na.H2O3S.H/c1-10-3-9-4-11(2,6-10)8-12(13,5-9)7-10;;1-4(2)3;/h9H,3-8,13H2,1-2H3;;(H2,1,2,3);/q;+1;;-1. The molecule has 0 aliphatic heterocycles. The quantitative estimate of drug-likeness (QED) is 0.413. The van der Waals surface area contributed by atoms with Gasteiger partial charge in [0, 0.05) is 5.54 Å². The van der Waals surface area contributed by atoms with E-state index < -0.39 is 11.4 Å². The molecule has 4 rings (SSSR count). The molecule has 0 radical (unpaired) electrons. The first kappa shape index (κ1) is 17.1. The van der Waals surface area contributed by atoms with Crippen LogP contribution in [0.3, 0.4) is 0 Å². The fraction of sp³-hybridized carbons (Fsp3) is 1.00. The van der Waals surface area contributed by atoms with Crippen molar-refractivity contribution in [1.82, 2.24) is 0 Å². The summed E-state index contributed by atoms with van der Waals surface area (Å²) in [6, 6.07) is 0. The summed E-state index contributed by atoms with van der Waals surface area (Å²) in [7, 11) is 0. The van der Waals surface area contributed by atoms with E-state index in [1.54, 1.807) is 0 Å². The molecule has 2 atom stereocenters. The zero-order chi connectivity index (χ0) is 12.9. The predicted octanol–water partition coefficient (Wildman–Crippen LogP) is -0.508. The first-order valence-corrected chi connectivity index (χ1v) is 7.29. The second-order valence-electron chi connectivity index (χ2n) is 7.22. The van der Waals surface area contributed by atoms with Crippen LogP contribution in [-0.2, 0) is 11.4 Å². The normalized spacial score (nSPS) is 48.4. The molecule has 4 bridgehead atoms. The van der Waals surface area contributed by atoms with Crippen molar-refractivity contribution in [3.05, 3.63) is 0 Å². The average Bonchev–Trinajstić information content (AvgIpc) is 1.90. The van der Waals surface area contributed by atoms with Crippen molar-refractivity contribution in [2.75, 3.05) is 0 Å². The molecule has 0 aromatic rings. The van der Waals surface area contributed by atoms with Crippen LogP contribution in [0.1, 0.15) is 53.8 Å². The van der Waals surface area contributed by atoms with Gasteiger partial charge in [0.1, 0.15) is 0 Å². The average molecular weight is 285 g/mol. The molecule has 0 heterocycles. The summed E-state index contributed by atoms with van der Waals surface area (Å²) in [4.78, 5) is 0. The Hall–Kier alpha value is 1.03. The van der Waals surface area contributed by atoms with Crippen LogP contribution in [0, 0.1) is 16.7 Å². The fourth-order valence-corrected chi connectivity index (χ4v) is 5.54. The van der Waals surface area contributed by atoms with E-state index in [-0.39, 0.29) is 36.5 Å². The molecule has 0 aromatic heterocycles. The second kappa shape index (κ2) is 5.43. The molecule has 0 saturated heterocycles. The molecule has 18 heavy (non-hydrogen) atoms. The number of rotatable bonds is 0. The zero-order valence-electron chi connectivity index (χ0n) is 12.6. The van der Waals surface area contributed by atoms with Gasteiger partial charge in [0.15, 0.2) is 0 Å². The Morgan fingerprint density at radius 1 is 1.11 bits per heavy atom. The van der Waals surface area contributed by atoms with Gasteiger partial charge in [0.25, 0.3) is 11.4 Å². The summed E-state index contributed by atoms with van der Waals surface area (Å²) in [5.41, 5.74) is 7.92. The molecular formula is C12H24NNaO3S. The van der Waals surface area contributed by atoms with E-state index in [1.165, 1.54) is 38.5 Å². The zero-order valence-corrected chi connectivity index (χ0v) is 14.4. The summed E-state index contributed by atoms with van der Waals surface area (Å²) in [5.74, 6) is 0.955. The summed E-state index contributed by atoms with van der Waals surface area (Å²) in [6.07, 6.45) is 8.27. The summed E-state index contributed by atoms with van der Waals surface area (Å²) in [5, 5.41) is 0. The molecule has 0 amide bonds. The van der Waals surface area contributed by atoms with Gasteiger partial charge in [-0.15, -0.1) is 0 Å². The third-order valence-corrected chi connectivity index (χ3v) is 4.67. The van der Waals surface area contributed by atoms with Crippen LogP contribution in [0.15, 0.2) is 0 Å². The largest absolute Gasteiger partial charge is 1.00 e. The fourth-order valence-electron chi connectivity index (χ4n) is 5.54. The van der Waals surface area contributed by atoms with E-state index in [0.717, 1.165) is 5.92 Å². The molecule has 102 valence electrons. The maximum atomic E-state index is 8.67. The van der Waals surface area contributed by atoms with Crippen molar-refractivity contribution >= 4 is 11.4 Å². The van der Waals surface area contributed by atoms with Crippen molar-refractivity contribution in [1.29, 1.82) is 0 Å². The van der Waals surface area contributed by atoms with Crippen LogP contribution in [0.25, 0.3) is 0 Å². The van der Waals surface area contributed by atoms with Crippen LogP contribution in [0.2, 0.25) is 0 Å². The molecule has 4 N–H and O–H groups in total.